The Balaban J connectivity index is 2.75. The van der Waals surface area contributed by atoms with Gasteiger partial charge in [0, 0.05) is 5.56 Å². The maximum Gasteiger partial charge on any atom is 0.344 e. The van der Waals surface area contributed by atoms with Gasteiger partial charge >= 0.3 is 5.97 Å². The lowest BCUT2D eigenvalue weighted by Crippen LogP contribution is -2.05. The van der Waals surface area contributed by atoms with Crippen LogP contribution in [0, 0.1) is 5.82 Å². The van der Waals surface area contributed by atoms with Crippen molar-refractivity contribution in [3.63, 3.8) is 0 Å². The number of rotatable bonds is 4. The average molecular weight is 226 g/mol. The normalized spacial score (nSPS) is 11.2. The highest BCUT2D eigenvalue weighted by molar-refractivity contribution is 5.99. The number of carbonyl (C=O) groups is 1. The fraction of sp³-hybridized carbons (Fsp3) is 0.200. The first-order chi connectivity index (χ1) is 7.50. The number of hydrogen-bond donors (Lipinski definition) is 2. The Labute approximate surface area is 91.3 Å². The van der Waals surface area contributed by atoms with Crippen molar-refractivity contribution in [2.45, 2.75) is 6.92 Å². The van der Waals surface area contributed by atoms with Gasteiger partial charge in [-0.15, -0.1) is 0 Å². The first kappa shape index (κ1) is 12.0. The van der Waals surface area contributed by atoms with Gasteiger partial charge in [-0.2, -0.15) is 0 Å². The third kappa shape index (κ3) is 3.23. The molecule has 0 aromatic heterocycles. The van der Waals surface area contributed by atoms with Gasteiger partial charge in [-0.05, 0) is 25.1 Å². The third-order valence-corrected chi connectivity index (χ3v) is 1.80. The Morgan fingerprint density at radius 1 is 1.62 bits per heavy atom. The summed E-state index contributed by atoms with van der Waals surface area (Å²) in [6, 6.07) is 4.09. The van der Waals surface area contributed by atoms with Crippen LogP contribution in [0.15, 0.2) is 23.4 Å². The maximum absolute atomic E-state index is 12.8. The summed E-state index contributed by atoms with van der Waals surface area (Å²) in [5.74, 6) is -1.63. The van der Waals surface area contributed by atoms with Gasteiger partial charge in [-0.3, -0.25) is 0 Å². The van der Waals surface area contributed by atoms with Crippen LogP contribution in [-0.4, -0.2) is 23.4 Å². The molecule has 0 amide bonds. The van der Waals surface area contributed by atoms with E-state index in [1.807, 2.05) is 0 Å². The molecule has 0 heterocycles. The number of carboxylic acid groups (broad SMARTS) is 1. The molecule has 0 saturated carbocycles. The number of carboxylic acids is 1. The maximum atomic E-state index is 12.8. The van der Waals surface area contributed by atoms with Crippen LogP contribution in [0.5, 0.6) is 0 Å². The van der Waals surface area contributed by atoms with Gasteiger partial charge in [-0.25, -0.2) is 9.18 Å². The van der Waals surface area contributed by atoms with E-state index < -0.39 is 18.4 Å². The summed E-state index contributed by atoms with van der Waals surface area (Å²) in [6.07, 6.45) is 0. The van der Waals surface area contributed by atoms with E-state index in [-0.39, 0.29) is 5.69 Å². The molecule has 0 aliphatic rings. The SMILES string of the molecule is C/C(=N\OCC(=O)O)c1ccc(F)c(N)c1. The molecule has 0 radical (unpaired) electrons. The molecule has 0 saturated heterocycles. The number of nitrogen functional groups attached to an aromatic ring is 1. The van der Waals surface area contributed by atoms with Crippen LogP contribution in [0.3, 0.4) is 0 Å². The summed E-state index contributed by atoms with van der Waals surface area (Å²) in [6.45, 7) is 1.09. The van der Waals surface area contributed by atoms with Crippen LogP contribution in [0.25, 0.3) is 0 Å². The molecule has 16 heavy (non-hydrogen) atoms. The zero-order valence-corrected chi connectivity index (χ0v) is 8.61. The van der Waals surface area contributed by atoms with Crippen LogP contribution in [-0.2, 0) is 9.63 Å². The molecule has 6 heteroatoms. The van der Waals surface area contributed by atoms with Crippen molar-refractivity contribution in [1.82, 2.24) is 0 Å². The number of benzene rings is 1. The van der Waals surface area contributed by atoms with Crippen LogP contribution >= 0.6 is 0 Å². The van der Waals surface area contributed by atoms with Crippen LogP contribution in [0.2, 0.25) is 0 Å². The Bertz CT molecular complexity index is 432. The molecule has 0 fully saturated rings. The zero-order valence-electron chi connectivity index (χ0n) is 8.61. The Morgan fingerprint density at radius 3 is 2.88 bits per heavy atom. The first-order valence-corrected chi connectivity index (χ1v) is 4.44. The summed E-state index contributed by atoms with van der Waals surface area (Å²) < 4.78 is 12.8. The molecule has 1 aromatic rings. The number of oxime groups is 1. The Kier molecular flexibility index (Phi) is 3.82. The second kappa shape index (κ2) is 5.11. The van der Waals surface area contributed by atoms with Crippen LogP contribution in [0.4, 0.5) is 10.1 Å². The summed E-state index contributed by atoms with van der Waals surface area (Å²) in [4.78, 5) is 14.7. The minimum absolute atomic E-state index is 0.00489. The molecule has 0 spiro atoms. The van der Waals surface area contributed by atoms with Gasteiger partial charge in [0.15, 0.2) is 0 Å². The third-order valence-electron chi connectivity index (χ3n) is 1.80. The van der Waals surface area contributed by atoms with Gasteiger partial charge in [0.1, 0.15) is 5.82 Å². The Morgan fingerprint density at radius 2 is 2.31 bits per heavy atom. The zero-order chi connectivity index (χ0) is 12.1. The van der Waals surface area contributed by atoms with Gasteiger partial charge < -0.3 is 15.7 Å². The summed E-state index contributed by atoms with van der Waals surface area (Å²) >= 11 is 0. The number of halogens is 1. The number of hydrogen-bond acceptors (Lipinski definition) is 4. The molecule has 86 valence electrons. The van der Waals surface area contributed by atoms with Gasteiger partial charge in [0.05, 0.1) is 11.4 Å². The highest BCUT2D eigenvalue weighted by atomic mass is 19.1. The largest absolute Gasteiger partial charge is 0.479 e. The van der Waals surface area contributed by atoms with Crippen molar-refractivity contribution < 1.29 is 19.1 Å². The van der Waals surface area contributed by atoms with E-state index in [0.29, 0.717) is 11.3 Å². The fourth-order valence-electron chi connectivity index (χ4n) is 1.01. The molecule has 3 N–H and O–H groups in total. The van der Waals surface area contributed by atoms with Gasteiger partial charge in [-0.1, -0.05) is 5.16 Å². The van der Waals surface area contributed by atoms with E-state index >= 15 is 0 Å². The van der Waals surface area contributed by atoms with Crippen molar-refractivity contribution in [3.8, 4) is 0 Å². The summed E-state index contributed by atoms with van der Waals surface area (Å²) in [7, 11) is 0. The average Bonchev–Trinajstić information content (AvgIpc) is 2.21. The molecule has 5 nitrogen and oxygen atoms in total. The van der Waals surface area contributed by atoms with Crippen LogP contribution in [0.1, 0.15) is 12.5 Å². The monoisotopic (exact) mass is 226 g/mol. The van der Waals surface area contributed by atoms with E-state index in [9.17, 15) is 9.18 Å². The number of nitrogens with two attached hydrogens (primary N) is 1. The number of aliphatic carboxylic acids is 1. The predicted molar refractivity (Wildman–Crippen MR) is 56.6 cm³/mol. The number of anilines is 1. The predicted octanol–water partition coefficient (Wildman–Crippen LogP) is 1.23. The summed E-state index contributed by atoms with van der Waals surface area (Å²) in [5.41, 5.74) is 6.37. The van der Waals surface area contributed by atoms with Gasteiger partial charge in [0.25, 0.3) is 0 Å². The van der Waals surface area contributed by atoms with E-state index in [1.54, 1.807) is 6.92 Å². The van der Waals surface area contributed by atoms with Crippen molar-refractivity contribution in [1.29, 1.82) is 0 Å². The molecular formula is C10H11FN2O3. The van der Waals surface area contributed by atoms with E-state index in [4.69, 9.17) is 10.8 Å². The lowest BCUT2D eigenvalue weighted by Gasteiger charge is -2.02. The molecule has 0 aliphatic carbocycles. The molecule has 0 unspecified atom stereocenters. The molecule has 0 atom stereocenters. The molecule has 0 aliphatic heterocycles. The number of nitrogens with zero attached hydrogens (tertiary/aromatic N) is 1. The molecule has 0 bridgehead atoms. The minimum atomic E-state index is -1.12. The second-order valence-corrected chi connectivity index (χ2v) is 3.08. The fourth-order valence-corrected chi connectivity index (χ4v) is 1.01. The quantitative estimate of drug-likeness (QED) is 0.459. The minimum Gasteiger partial charge on any atom is -0.479 e. The smallest absolute Gasteiger partial charge is 0.344 e. The van der Waals surface area contributed by atoms with Crippen molar-refractivity contribution >= 4 is 17.4 Å². The van der Waals surface area contributed by atoms with Gasteiger partial charge in [0.2, 0.25) is 6.61 Å². The lowest BCUT2D eigenvalue weighted by atomic mass is 10.1. The lowest BCUT2D eigenvalue weighted by molar-refractivity contribution is -0.142. The van der Waals surface area contributed by atoms with Crippen molar-refractivity contribution in [3.05, 3.63) is 29.6 Å². The highest BCUT2D eigenvalue weighted by Gasteiger charge is 2.03. The molecule has 1 rings (SSSR count). The van der Waals surface area contributed by atoms with E-state index in [2.05, 4.69) is 9.99 Å². The second-order valence-electron chi connectivity index (χ2n) is 3.08. The highest BCUT2D eigenvalue weighted by Crippen LogP contribution is 2.13. The van der Waals surface area contributed by atoms with E-state index in [0.717, 1.165) is 0 Å². The first-order valence-electron chi connectivity index (χ1n) is 4.44. The molecule has 1 aromatic carbocycles. The summed E-state index contributed by atoms with van der Waals surface area (Å²) in [5, 5.41) is 11.9. The standard InChI is InChI=1S/C10H11FN2O3/c1-6(13-16-5-10(14)15)7-2-3-8(11)9(12)4-7/h2-4H,5,12H2,1H3,(H,14,15)/b13-6+. The van der Waals surface area contributed by atoms with Crippen LogP contribution < -0.4 is 5.73 Å². The Hall–Kier alpha value is -2.11. The molecular weight excluding hydrogens is 215 g/mol. The van der Waals surface area contributed by atoms with Crippen molar-refractivity contribution in [2.24, 2.45) is 5.16 Å². The topological polar surface area (TPSA) is 84.9 Å². The van der Waals surface area contributed by atoms with Crippen molar-refractivity contribution in [2.75, 3.05) is 12.3 Å². The van der Waals surface area contributed by atoms with E-state index in [1.165, 1.54) is 18.2 Å².